The van der Waals surface area contributed by atoms with Crippen LogP contribution in [0, 0.1) is 5.82 Å². The Balaban J connectivity index is 1.52. The average molecular weight is 498 g/mol. The molecular formula is C28H24FN5O3. The van der Waals surface area contributed by atoms with Crippen LogP contribution >= 0.6 is 0 Å². The molecule has 0 radical (unpaired) electrons. The van der Waals surface area contributed by atoms with Gasteiger partial charge < -0.3 is 14.6 Å². The van der Waals surface area contributed by atoms with Gasteiger partial charge in [0.15, 0.2) is 0 Å². The molecule has 0 fully saturated rings. The Morgan fingerprint density at radius 1 is 0.946 bits per heavy atom. The summed E-state index contributed by atoms with van der Waals surface area (Å²) in [6.45, 7) is 0.00110. The van der Waals surface area contributed by atoms with Crippen LogP contribution in [0.15, 0.2) is 102 Å². The highest BCUT2D eigenvalue weighted by atomic mass is 19.1. The summed E-state index contributed by atoms with van der Waals surface area (Å²) >= 11 is 0. The first-order valence-electron chi connectivity index (χ1n) is 11.8. The lowest BCUT2D eigenvalue weighted by Gasteiger charge is -2.31. The van der Waals surface area contributed by atoms with Gasteiger partial charge >= 0.3 is 0 Å². The van der Waals surface area contributed by atoms with Crippen LogP contribution in [0.25, 0.3) is 11.0 Å². The molecule has 3 aromatic carbocycles. The topological polar surface area (TPSA) is 93.3 Å². The standard InChI is InChI=1S/C28H24FN5O3/c29-23-13-5-4-12-22(23)27(28(36)30-17-21-11-8-16-37-21)33(18-20-9-2-1-3-10-20)26(35)19-34-25-15-7-6-14-24(25)31-32-34/h1-16,27H,17-19H2,(H,30,36)/t27-/m1/s1. The van der Waals surface area contributed by atoms with Gasteiger partial charge in [-0.2, -0.15) is 0 Å². The number of aromatic nitrogens is 3. The predicted molar refractivity (Wildman–Crippen MR) is 134 cm³/mol. The normalized spacial score (nSPS) is 11.8. The van der Waals surface area contributed by atoms with E-state index in [0.717, 1.165) is 5.56 Å². The molecule has 0 unspecified atom stereocenters. The van der Waals surface area contributed by atoms with E-state index < -0.39 is 23.7 Å². The zero-order valence-electron chi connectivity index (χ0n) is 19.8. The van der Waals surface area contributed by atoms with Crippen molar-refractivity contribution in [3.05, 3.63) is 120 Å². The predicted octanol–water partition coefficient (Wildman–Crippen LogP) is 4.25. The lowest BCUT2D eigenvalue weighted by molar-refractivity contribution is -0.142. The Kier molecular flexibility index (Phi) is 7.02. The minimum absolute atomic E-state index is 0.0828. The van der Waals surface area contributed by atoms with Crippen molar-refractivity contribution in [2.45, 2.75) is 25.7 Å². The van der Waals surface area contributed by atoms with E-state index in [1.165, 1.54) is 28.0 Å². The van der Waals surface area contributed by atoms with Crippen molar-refractivity contribution in [1.82, 2.24) is 25.2 Å². The van der Waals surface area contributed by atoms with Gasteiger partial charge in [0.25, 0.3) is 0 Å². The third kappa shape index (κ3) is 5.40. The number of furan rings is 1. The third-order valence-electron chi connectivity index (χ3n) is 6.00. The van der Waals surface area contributed by atoms with Crippen LogP contribution in [0.3, 0.4) is 0 Å². The molecule has 0 aliphatic rings. The van der Waals surface area contributed by atoms with Crippen molar-refractivity contribution in [2.75, 3.05) is 0 Å². The summed E-state index contributed by atoms with van der Waals surface area (Å²) < 4.78 is 21.9. The fourth-order valence-electron chi connectivity index (χ4n) is 4.19. The second-order valence-corrected chi connectivity index (χ2v) is 8.46. The van der Waals surface area contributed by atoms with E-state index in [9.17, 15) is 9.59 Å². The van der Waals surface area contributed by atoms with Gasteiger partial charge in [-0.1, -0.05) is 65.9 Å². The molecule has 5 aromatic rings. The molecule has 37 heavy (non-hydrogen) atoms. The van der Waals surface area contributed by atoms with E-state index >= 15 is 4.39 Å². The Bertz CT molecular complexity index is 1500. The molecule has 0 saturated carbocycles. The van der Waals surface area contributed by atoms with Crippen LogP contribution < -0.4 is 5.32 Å². The van der Waals surface area contributed by atoms with Crippen LogP contribution in [0.1, 0.15) is 22.9 Å². The van der Waals surface area contributed by atoms with E-state index in [1.807, 2.05) is 48.5 Å². The lowest BCUT2D eigenvalue weighted by atomic mass is 10.0. The van der Waals surface area contributed by atoms with Gasteiger partial charge in [-0.15, -0.1) is 5.10 Å². The Hall–Kier alpha value is -4.79. The zero-order chi connectivity index (χ0) is 25.6. The quantitative estimate of drug-likeness (QED) is 0.329. The van der Waals surface area contributed by atoms with Crippen molar-refractivity contribution in [2.24, 2.45) is 0 Å². The number of nitrogens with one attached hydrogen (secondary N) is 1. The zero-order valence-corrected chi connectivity index (χ0v) is 19.8. The number of nitrogens with zero attached hydrogens (tertiary/aromatic N) is 4. The number of fused-ring (bicyclic) bond motifs is 1. The van der Waals surface area contributed by atoms with Crippen LogP contribution in [0.5, 0.6) is 0 Å². The number of hydrogen-bond donors (Lipinski definition) is 1. The maximum Gasteiger partial charge on any atom is 0.247 e. The second kappa shape index (κ2) is 10.9. The summed E-state index contributed by atoms with van der Waals surface area (Å²) in [6, 6.07) is 24.7. The first-order chi connectivity index (χ1) is 18.1. The summed E-state index contributed by atoms with van der Waals surface area (Å²) in [6.07, 6.45) is 1.50. The summed E-state index contributed by atoms with van der Waals surface area (Å²) in [7, 11) is 0. The summed E-state index contributed by atoms with van der Waals surface area (Å²) in [5.74, 6) is -0.997. The molecule has 2 aromatic heterocycles. The van der Waals surface area contributed by atoms with Crippen molar-refractivity contribution in [3.8, 4) is 0 Å². The Labute approximate surface area is 212 Å². The Morgan fingerprint density at radius 3 is 2.49 bits per heavy atom. The molecule has 2 heterocycles. The number of para-hydroxylation sites is 1. The number of carbonyl (C=O) groups excluding carboxylic acids is 2. The SMILES string of the molecule is O=C(NCc1ccco1)[C@@H](c1ccccc1F)N(Cc1ccccc1)C(=O)Cn1nnc2ccccc21. The van der Waals surface area contributed by atoms with Gasteiger partial charge in [-0.05, 0) is 35.9 Å². The molecule has 186 valence electrons. The number of benzene rings is 3. The maximum absolute atomic E-state index is 15.1. The number of hydrogen-bond acceptors (Lipinski definition) is 5. The van der Waals surface area contributed by atoms with Gasteiger partial charge in [-0.3, -0.25) is 9.59 Å². The Morgan fingerprint density at radius 2 is 1.70 bits per heavy atom. The number of rotatable bonds is 9. The van der Waals surface area contributed by atoms with Crippen molar-refractivity contribution in [3.63, 3.8) is 0 Å². The molecule has 2 amide bonds. The average Bonchev–Trinajstić information content (AvgIpc) is 3.59. The van der Waals surface area contributed by atoms with Crippen molar-refractivity contribution >= 4 is 22.8 Å². The van der Waals surface area contributed by atoms with Crippen LogP contribution in [-0.4, -0.2) is 31.7 Å². The maximum atomic E-state index is 15.1. The highest BCUT2D eigenvalue weighted by molar-refractivity contribution is 5.89. The summed E-state index contributed by atoms with van der Waals surface area (Å²) in [5, 5.41) is 11.0. The fraction of sp³-hybridized carbons (Fsp3) is 0.143. The lowest BCUT2D eigenvalue weighted by Crippen LogP contribution is -2.44. The molecule has 0 spiro atoms. The third-order valence-corrected chi connectivity index (χ3v) is 6.00. The second-order valence-electron chi connectivity index (χ2n) is 8.46. The number of carbonyl (C=O) groups is 2. The van der Waals surface area contributed by atoms with Crippen molar-refractivity contribution in [1.29, 1.82) is 0 Å². The first kappa shape index (κ1) is 23.9. The highest BCUT2D eigenvalue weighted by Crippen LogP contribution is 2.27. The number of halogens is 1. The van der Waals surface area contributed by atoms with Gasteiger partial charge in [0.2, 0.25) is 11.8 Å². The van der Waals surface area contributed by atoms with E-state index in [-0.39, 0.29) is 25.2 Å². The van der Waals surface area contributed by atoms with Crippen molar-refractivity contribution < 1.29 is 18.4 Å². The monoisotopic (exact) mass is 497 g/mol. The molecule has 1 N–H and O–H groups in total. The van der Waals surface area contributed by atoms with E-state index in [2.05, 4.69) is 15.6 Å². The largest absolute Gasteiger partial charge is 0.467 e. The molecule has 0 aliphatic carbocycles. The molecule has 0 bridgehead atoms. The minimum Gasteiger partial charge on any atom is -0.467 e. The van der Waals surface area contributed by atoms with Gasteiger partial charge in [0.1, 0.15) is 29.7 Å². The van der Waals surface area contributed by atoms with Crippen LogP contribution in [0.2, 0.25) is 0 Å². The van der Waals surface area contributed by atoms with Gasteiger partial charge in [0.05, 0.1) is 18.3 Å². The molecule has 5 rings (SSSR count). The van der Waals surface area contributed by atoms with E-state index in [4.69, 9.17) is 4.42 Å². The smallest absolute Gasteiger partial charge is 0.247 e. The highest BCUT2D eigenvalue weighted by Gasteiger charge is 2.34. The molecule has 9 heteroatoms. The molecule has 1 atom stereocenters. The van der Waals surface area contributed by atoms with Gasteiger partial charge in [0, 0.05) is 12.1 Å². The van der Waals surface area contributed by atoms with Crippen LogP contribution in [-0.2, 0) is 29.2 Å². The molecular weight excluding hydrogens is 473 g/mol. The summed E-state index contributed by atoms with van der Waals surface area (Å²) in [4.78, 5) is 28.8. The molecule has 8 nitrogen and oxygen atoms in total. The minimum atomic E-state index is -1.24. The van der Waals surface area contributed by atoms with E-state index in [0.29, 0.717) is 16.8 Å². The van der Waals surface area contributed by atoms with Crippen LogP contribution in [0.4, 0.5) is 4.39 Å². The summed E-state index contributed by atoms with van der Waals surface area (Å²) in [5.41, 5.74) is 2.21. The molecule has 0 aliphatic heterocycles. The fourth-order valence-corrected chi connectivity index (χ4v) is 4.19. The van der Waals surface area contributed by atoms with Gasteiger partial charge in [-0.25, -0.2) is 9.07 Å². The number of amides is 2. The first-order valence-corrected chi connectivity index (χ1v) is 11.8. The van der Waals surface area contributed by atoms with E-state index in [1.54, 1.807) is 30.3 Å². The molecule has 0 saturated heterocycles.